The number of carbonyl (C=O) groups excluding carboxylic acids is 2. The molecule has 2 aliphatic carbocycles. The summed E-state index contributed by atoms with van der Waals surface area (Å²) in [6, 6.07) is 0. The molecule has 0 amide bonds. The molecule has 3 aliphatic rings. The zero-order valence-corrected chi connectivity index (χ0v) is 17.8. The number of fused-ring (bicyclic) bond motifs is 1. The van der Waals surface area contributed by atoms with Gasteiger partial charge < -0.3 is 19.7 Å². The first-order chi connectivity index (χ1) is 13.5. The summed E-state index contributed by atoms with van der Waals surface area (Å²) in [6.07, 6.45) is 6.50. The standard InChI is InChI=1S/C23H34O6/c1-13-5-6-14-9-15(24)11-19(29-22(27)23(2,3)4)21(14)18(13)8-7-17-10-16(25)12-20(26)28-17/h5-6,9,13,15-19,21,24-25H,7-8,10-12H2,1-4H3/t13-,15+,16+,17+,18-,19+,21-/m0/s1. The molecule has 0 saturated carbocycles. The second-order valence-electron chi connectivity index (χ2n) is 9.85. The SMILES string of the molecule is C[C@H]1C=CC2=C[C@@H](O)C[C@@H](OC(=O)C(C)(C)C)[C@@H]2[C@H]1CC[C@@H]1C[C@@H](O)CC(=O)O1. The quantitative estimate of drug-likeness (QED) is 0.698. The van der Waals surface area contributed by atoms with Crippen LogP contribution in [-0.2, 0) is 19.1 Å². The zero-order chi connectivity index (χ0) is 21.3. The Balaban J connectivity index is 1.76. The average Bonchev–Trinajstić information content (AvgIpc) is 2.59. The van der Waals surface area contributed by atoms with Crippen LogP contribution in [0.5, 0.6) is 0 Å². The molecule has 7 atom stereocenters. The highest BCUT2D eigenvalue weighted by Crippen LogP contribution is 2.44. The molecule has 2 N–H and O–H groups in total. The predicted octanol–water partition coefficient (Wildman–Crippen LogP) is 2.92. The molecule has 29 heavy (non-hydrogen) atoms. The summed E-state index contributed by atoms with van der Waals surface area (Å²) in [7, 11) is 0. The van der Waals surface area contributed by atoms with Gasteiger partial charge in [0.1, 0.15) is 12.2 Å². The van der Waals surface area contributed by atoms with Gasteiger partial charge in [-0.05, 0) is 51.0 Å². The molecule has 1 saturated heterocycles. The lowest BCUT2D eigenvalue weighted by molar-refractivity contribution is -0.165. The van der Waals surface area contributed by atoms with E-state index in [0.717, 1.165) is 12.0 Å². The van der Waals surface area contributed by atoms with Crippen molar-refractivity contribution in [3.8, 4) is 0 Å². The third-order valence-corrected chi connectivity index (χ3v) is 6.30. The molecular weight excluding hydrogens is 372 g/mol. The van der Waals surface area contributed by atoms with Crippen molar-refractivity contribution < 1.29 is 29.3 Å². The van der Waals surface area contributed by atoms with Crippen LogP contribution in [0.3, 0.4) is 0 Å². The highest BCUT2D eigenvalue weighted by atomic mass is 16.6. The minimum atomic E-state index is -0.634. The summed E-state index contributed by atoms with van der Waals surface area (Å²) in [5, 5.41) is 20.2. The van der Waals surface area contributed by atoms with Crippen LogP contribution >= 0.6 is 0 Å². The van der Waals surface area contributed by atoms with Crippen LogP contribution in [0.25, 0.3) is 0 Å². The molecule has 0 bridgehead atoms. The van der Waals surface area contributed by atoms with Gasteiger partial charge >= 0.3 is 11.9 Å². The number of carbonyl (C=O) groups is 2. The first-order valence-corrected chi connectivity index (χ1v) is 10.7. The first kappa shape index (κ1) is 22.0. The molecule has 1 aliphatic heterocycles. The lowest BCUT2D eigenvalue weighted by Gasteiger charge is -2.43. The molecule has 162 valence electrons. The van der Waals surface area contributed by atoms with Gasteiger partial charge in [0.05, 0.1) is 24.0 Å². The van der Waals surface area contributed by atoms with E-state index in [4.69, 9.17) is 9.47 Å². The Morgan fingerprint density at radius 1 is 1.24 bits per heavy atom. The van der Waals surface area contributed by atoms with E-state index in [0.29, 0.717) is 19.3 Å². The third kappa shape index (κ3) is 5.28. The van der Waals surface area contributed by atoms with Gasteiger partial charge in [0.25, 0.3) is 0 Å². The van der Waals surface area contributed by atoms with Gasteiger partial charge in [-0.1, -0.05) is 25.2 Å². The van der Waals surface area contributed by atoms with Crippen LogP contribution in [0.15, 0.2) is 23.8 Å². The van der Waals surface area contributed by atoms with Gasteiger partial charge in [-0.25, -0.2) is 0 Å². The van der Waals surface area contributed by atoms with Crippen LogP contribution in [0.1, 0.15) is 59.8 Å². The van der Waals surface area contributed by atoms with Crippen LogP contribution in [0, 0.1) is 23.2 Å². The van der Waals surface area contributed by atoms with E-state index in [-0.39, 0.29) is 48.3 Å². The number of cyclic esters (lactones) is 1. The van der Waals surface area contributed by atoms with E-state index >= 15 is 0 Å². The lowest BCUT2D eigenvalue weighted by atomic mass is 9.66. The average molecular weight is 407 g/mol. The van der Waals surface area contributed by atoms with Crippen molar-refractivity contribution in [2.24, 2.45) is 23.2 Å². The Kier molecular flexibility index (Phi) is 6.54. The summed E-state index contributed by atoms with van der Waals surface area (Å²) in [5.74, 6) is -0.124. The number of rotatable bonds is 4. The summed E-state index contributed by atoms with van der Waals surface area (Å²) in [4.78, 5) is 24.2. The number of ether oxygens (including phenoxy) is 2. The lowest BCUT2D eigenvalue weighted by Crippen LogP contribution is -2.44. The van der Waals surface area contributed by atoms with E-state index < -0.39 is 17.6 Å². The summed E-state index contributed by atoms with van der Waals surface area (Å²) in [5.41, 5.74) is 0.406. The molecule has 0 aromatic heterocycles. The van der Waals surface area contributed by atoms with Gasteiger partial charge in [0, 0.05) is 18.8 Å². The Hall–Kier alpha value is -1.66. The topological polar surface area (TPSA) is 93.1 Å². The van der Waals surface area contributed by atoms with Crippen LogP contribution in [0.2, 0.25) is 0 Å². The van der Waals surface area contributed by atoms with Crippen molar-refractivity contribution in [1.82, 2.24) is 0 Å². The summed E-state index contributed by atoms with van der Waals surface area (Å²) in [6.45, 7) is 7.63. The fourth-order valence-corrected chi connectivity index (χ4v) is 4.72. The van der Waals surface area contributed by atoms with Crippen LogP contribution in [0.4, 0.5) is 0 Å². The number of hydrogen-bond donors (Lipinski definition) is 2. The molecule has 0 spiro atoms. The maximum atomic E-state index is 12.6. The van der Waals surface area contributed by atoms with Gasteiger partial charge in [-0.3, -0.25) is 9.59 Å². The largest absolute Gasteiger partial charge is 0.462 e. The summed E-state index contributed by atoms with van der Waals surface area (Å²) < 4.78 is 11.3. The van der Waals surface area contributed by atoms with E-state index in [1.807, 2.05) is 32.9 Å². The third-order valence-electron chi connectivity index (χ3n) is 6.30. The van der Waals surface area contributed by atoms with E-state index in [2.05, 4.69) is 13.0 Å². The van der Waals surface area contributed by atoms with Crippen molar-refractivity contribution in [1.29, 1.82) is 0 Å². The summed E-state index contributed by atoms with van der Waals surface area (Å²) >= 11 is 0. The fourth-order valence-electron chi connectivity index (χ4n) is 4.72. The highest BCUT2D eigenvalue weighted by molar-refractivity contribution is 5.75. The maximum absolute atomic E-state index is 12.6. The molecule has 6 heteroatoms. The van der Waals surface area contributed by atoms with Gasteiger partial charge in [-0.15, -0.1) is 0 Å². The second-order valence-corrected chi connectivity index (χ2v) is 9.85. The van der Waals surface area contributed by atoms with Crippen molar-refractivity contribution in [3.63, 3.8) is 0 Å². The minimum absolute atomic E-state index is 0.00826. The Morgan fingerprint density at radius 2 is 1.97 bits per heavy atom. The first-order valence-electron chi connectivity index (χ1n) is 10.7. The van der Waals surface area contributed by atoms with E-state index in [1.54, 1.807) is 0 Å². The molecule has 0 unspecified atom stereocenters. The molecule has 0 aromatic rings. The molecule has 1 heterocycles. The number of esters is 2. The molecule has 6 nitrogen and oxygen atoms in total. The molecule has 0 radical (unpaired) electrons. The predicted molar refractivity (Wildman–Crippen MR) is 108 cm³/mol. The Morgan fingerprint density at radius 3 is 2.62 bits per heavy atom. The second kappa shape index (κ2) is 8.60. The normalized spacial score (nSPS) is 37.4. The van der Waals surface area contributed by atoms with Gasteiger partial charge in [0.2, 0.25) is 0 Å². The number of allylic oxidation sites excluding steroid dienone is 2. The number of hydrogen-bond acceptors (Lipinski definition) is 6. The van der Waals surface area contributed by atoms with Crippen molar-refractivity contribution in [2.75, 3.05) is 0 Å². The zero-order valence-electron chi connectivity index (χ0n) is 17.8. The van der Waals surface area contributed by atoms with Crippen LogP contribution < -0.4 is 0 Å². The number of aliphatic hydroxyl groups is 2. The van der Waals surface area contributed by atoms with Crippen molar-refractivity contribution >= 4 is 11.9 Å². The molecular formula is C23H34O6. The fraction of sp³-hybridized carbons (Fsp3) is 0.739. The van der Waals surface area contributed by atoms with E-state index in [9.17, 15) is 19.8 Å². The Bertz CT molecular complexity index is 688. The minimum Gasteiger partial charge on any atom is -0.462 e. The maximum Gasteiger partial charge on any atom is 0.311 e. The molecule has 1 fully saturated rings. The Labute approximate surface area is 173 Å². The molecule has 0 aromatic carbocycles. The highest BCUT2D eigenvalue weighted by Gasteiger charge is 2.43. The molecule has 3 rings (SSSR count). The monoisotopic (exact) mass is 406 g/mol. The van der Waals surface area contributed by atoms with Gasteiger partial charge in [-0.2, -0.15) is 0 Å². The smallest absolute Gasteiger partial charge is 0.311 e. The van der Waals surface area contributed by atoms with E-state index in [1.165, 1.54) is 0 Å². The van der Waals surface area contributed by atoms with Gasteiger partial charge in [0.15, 0.2) is 0 Å². The van der Waals surface area contributed by atoms with Crippen molar-refractivity contribution in [2.45, 2.75) is 84.2 Å². The van der Waals surface area contributed by atoms with Crippen LogP contribution in [-0.4, -0.2) is 46.6 Å². The number of aliphatic hydroxyl groups excluding tert-OH is 2. The van der Waals surface area contributed by atoms with Crippen molar-refractivity contribution in [3.05, 3.63) is 23.8 Å².